The van der Waals surface area contributed by atoms with E-state index in [0.29, 0.717) is 11.3 Å². The van der Waals surface area contributed by atoms with Crippen LogP contribution < -0.4 is 0 Å². The average molecular weight is 224 g/mol. The minimum absolute atomic E-state index is 0.154. The molecule has 3 nitrogen and oxygen atoms in total. The Kier molecular flexibility index (Phi) is 3.24. The number of likely N-dealkylation sites (tertiary alicyclic amines) is 2. The van der Waals surface area contributed by atoms with Crippen LogP contribution in [0.25, 0.3) is 0 Å². The molecular weight excluding hydrogens is 200 g/mol. The zero-order valence-electron chi connectivity index (χ0n) is 10.8. The van der Waals surface area contributed by atoms with E-state index in [0.717, 1.165) is 13.1 Å². The summed E-state index contributed by atoms with van der Waals surface area (Å²) in [5.74, 6) is 0.497. The number of piperidine rings is 1. The highest BCUT2D eigenvalue weighted by Gasteiger charge is 2.41. The third-order valence-corrected chi connectivity index (χ3v) is 4.29. The molecule has 0 N–H and O–H groups in total. The van der Waals surface area contributed by atoms with E-state index in [1.165, 1.54) is 32.4 Å². The number of carbonyl (C=O) groups is 1. The van der Waals surface area contributed by atoms with Gasteiger partial charge >= 0.3 is 0 Å². The molecular formula is C13H24N2O. The number of hydrogen-bond acceptors (Lipinski definition) is 2. The highest BCUT2D eigenvalue weighted by atomic mass is 16.2. The van der Waals surface area contributed by atoms with Crippen LogP contribution in [0, 0.1) is 11.3 Å². The van der Waals surface area contributed by atoms with Gasteiger partial charge in [0.2, 0.25) is 5.91 Å². The molecule has 92 valence electrons. The molecule has 2 fully saturated rings. The normalized spacial score (nSPS) is 25.6. The van der Waals surface area contributed by atoms with Gasteiger partial charge in [-0.3, -0.25) is 4.79 Å². The summed E-state index contributed by atoms with van der Waals surface area (Å²) in [7, 11) is 2.19. The lowest BCUT2D eigenvalue weighted by Crippen LogP contribution is -2.41. The molecule has 2 rings (SSSR count). The topological polar surface area (TPSA) is 23.6 Å². The Bertz CT molecular complexity index is 267. The summed E-state index contributed by atoms with van der Waals surface area (Å²) >= 11 is 0. The van der Waals surface area contributed by atoms with E-state index in [2.05, 4.69) is 16.8 Å². The molecule has 0 aliphatic carbocycles. The van der Waals surface area contributed by atoms with Crippen LogP contribution >= 0.6 is 0 Å². The number of nitrogens with zero attached hydrogens (tertiary/aromatic N) is 2. The Labute approximate surface area is 98.8 Å². The van der Waals surface area contributed by atoms with Gasteiger partial charge in [-0.1, -0.05) is 13.8 Å². The maximum absolute atomic E-state index is 12.0. The standard InChI is InChI=1S/C13H24N2O/c1-11(2)12(16)15-9-6-13(10-15)4-7-14(3)8-5-13/h11H,4-10H2,1-3H3. The van der Waals surface area contributed by atoms with Crippen LogP contribution in [0.3, 0.4) is 0 Å². The van der Waals surface area contributed by atoms with Gasteiger partial charge in [0.1, 0.15) is 0 Å². The number of hydrogen-bond donors (Lipinski definition) is 0. The average Bonchev–Trinajstić information content (AvgIpc) is 2.66. The second kappa shape index (κ2) is 4.36. The van der Waals surface area contributed by atoms with Crippen LogP contribution in [0.4, 0.5) is 0 Å². The van der Waals surface area contributed by atoms with Crippen molar-refractivity contribution in [2.75, 3.05) is 33.2 Å². The minimum Gasteiger partial charge on any atom is -0.342 e. The van der Waals surface area contributed by atoms with Gasteiger partial charge in [-0.05, 0) is 44.8 Å². The Morgan fingerprint density at radius 2 is 1.69 bits per heavy atom. The van der Waals surface area contributed by atoms with Crippen molar-refractivity contribution in [3.63, 3.8) is 0 Å². The minimum atomic E-state index is 0.154. The van der Waals surface area contributed by atoms with Crippen molar-refractivity contribution in [1.82, 2.24) is 9.80 Å². The second-order valence-electron chi connectivity index (χ2n) is 5.97. The third kappa shape index (κ3) is 2.24. The first-order valence-electron chi connectivity index (χ1n) is 6.50. The smallest absolute Gasteiger partial charge is 0.225 e. The zero-order chi connectivity index (χ0) is 11.8. The van der Waals surface area contributed by atoms with Crippen LogP contribution in [-0.2, 0) is 4.79 Å². The van der Waals surface area contributed by atoms with Gasteiger partial charge in [-0.15, -0.1) is 0 Å². The first-order valence-corrected chi connectivity index (χ1v) is 6.50. The molecule has 0 unspecified atom stereocenters. The number of amides is 1. The van der Waals surface area contributed by atoms with Crippen molar-refractivity contribution in [2.45, 2.75) is 33.1 Å². The predicted molar refractivity (Wildman–Crippen MR) is 65.2 cm³/mol. The third-order valence-electron chi connectivity index (χ3n) is 4.29. The molecule has 2 aliphatic rings. The van der Waals surface area contributed by atoms with E-state index in [1.807, 2.05) is 13.8 Å². The first kappa shape index (κ1) is 11.9. The molecule has 2 heterocycles. The lowest BCUT2D eigenvalue weighted by Gasteiger charge is -2.37. The second-order valence-corrected chi connectivity index (χ2v) is 5.97. The fourth-order valence-electron chi connectivity index (χ4n) is 2.99. The number of carbonyl (C=O) groups excluding carboxylic acids is 1. The van der Waals surface area contributed by atoms with Crippen molar-refractivity contribution in [2.24, 2.45) is 11.3 Å². The zero-order valence-corrected chi connectivity index (χ0v) is 10.8. The molecule has 0 bridgehead atoms. The van der Waals surface area contributed by atoms with E-state index >= 15 is 0 Å². The van der Waals surface area contributed by atoms with Crippen molar-refractivity contribution in [1.29, 1.82) is 0 Å². The molecule has 0 aromatic rings. The maximum Gasteiger partial charge on any atom is 0.225 e. The SMILES string of the molecule is CC(C)C(=O)N1CCC2(CCN(C)CC2)C1. The van der Waals surface area contributed by atoms with Gasteiger partial charge in [0.05, 0.1) is 0 Å². The first-order chi connectivity index (χ1) is 7.52. The lowest BCUT2D eigenvalue weighted by molar-refractivity contribution is -0.133. The molecule has 0 radical (unpaired) electrons. The van der Waals surface area contributed by atoms with Gasteiger partial charge < -0.3 is 9.80 Å². The van der Waals surface area contributed by atoms with Crippen LogP contribution in [-0.4, -0.2) is 48.9 Å². The van der Waals surface area contributed by atoms with E-state index in [4.69, 9.17) is 0 Å². The van der Waals surface area contributed by atoms with Gasteiger partial charge in [-0.25, -0.2) is 0 Å². The highest BCUT2D eigenvalue weighted by Crippen LogP contribution is 2.40. The monoisotopic (exact) mass is 224 g/mol. The fraction of sp³-hybridized carbons (Fsp3) is 0.923. The summed E-state index contributed by atoms with van der Waals surface area (Å²) in [5, 5.41) is 0. The van der Waals surface area contributed by atoms with Gasteiger partial charge in [-0.2, -0.15) is 0 Å². The van der Waals surface area contributed by atoms with E-state index in [-0.39, 0.29) is 5.92 Å². The van der Waals surface area contributed by atoms with Gasteiger partial charge in [0, 0.05) is 19.0 Å². The highest BCUT2D eigenvalue weighted by molar-refractivity contribution is 5.78. The molecule has 1 spiro atoms. The Morgan fingerprint density at radius 3 is 2.25 bits per heavy atom. The van der Waals surface area contributed by atoms with E-state index in [1.54, 1.807) is 0 Å². The van der Waals surface area contributed by atoms with Crippen LogP contribution in [0.1, 0.15) is 33.1 Å². The van der Waals surface area contributed by atoms with E-state index < -0.39 is 0 Å². The molecule has 0 saturated carbocycles. The summed E-state index contributed by atoms with van der Waals surface area (Å²) in [6.45, 7) is 8.40. The Balaban J connectivity index is 1.94. The molecule has 16 heavy (non-hydrogen) atoms. The van der Waals surface area contributed by atoms with Crippen molar-refractivity contribution in [3.8, 4) is 0 Å². The summed E-state index contributed by atoms with van der Waals surface area (Å²) in [6, 6.07) is 0. The fourth-order valence-corrected chi connectivity index (χ4v) is 2.99. The Morgan fingerprint density at radius 1 is 1.12 bits per heavy atom. The summed E-state index contributed by atoms with van der Waals surface area (Å²) < 4.78 is 0. The summed E-state index contributed by atoms with van der Waals surface area (Å²) in [6.07, 6.45) is 3.76. The molecule has 1 amide bonds. The summed E-state index contributed by atoms with van der Waals surface area (Å²) in [5.41, 5.74) is 0.455. The molecule has 0 atom stereocenters. The van der Waals surface area contributed by atoms with Crippen LogP contribution in [0.2, 0.25) is 0 Å². The van der Waals surface area contributed by atoms with Crippen LogP contribution in [0.5, 0.6) is 0 Å². The summed E-state index contributed by atoms with van der Waals surface area (Å²) in [4.78, 5) is 16.4. The largest absolute Gasteiger partial charge is 0.342 e. The van der Waals surface area contributed by atoms with Gasteiger partial charge in [0.15, 0.2) is 0 Å². The van der Waals surface area contributed by atoms with Crippen molar-refractivity contribution < 1.29 is 4.79 Å². The lowest BCUT2D eigenvalue weighted by atomic mass is 9.78. The van der Waals surface area contributed by atoms with Crippen LogP contribution in [0.15, 0.2) is 0 Å². The van der Waals surface area contributed by atoms with E-state index in [9.17, 15) is 4.79 Å². The quantitative estimate of drug-likeness (QED) is 0.675. The maximum atomic E-state index is 12.0. The van der Waals surface area contributed by atoms with Crippen molar-refractivity contribution in [3.05, 3.63) is 0 Å². The Hall–Kier alpha value is -0.570. The van der Waals surface area contributed by atoms with Crippen molar-refractivity contribution >= 4 is 5.91 Å². The molecule has 3 heteroatoms. The molecule has 0 aromatic carbocycles. The predicted octanol–water partition coefficient (Wildman–Crippen LogP) is 1.59. The number of rotatable bonds is 1. The molecule has 2 aliphatic heterocycles. The molecule has 2 saturated heterocycles. The molecule has 0 aromatic heterocycles. The van der Waals surface area contributed by atoms with Gasteiger partial charge in [0.25, 0.3) is 0 Å².